The van der Waals surface area contributed by atoms with Crippen molar-refractivity contribution in [1.82, 2.24) is 0 Å². The van der Waals surface area contributed by atoms with Crippen LogP contribution in [0.2, 0.25) is 0 Å². The maximum Gasteiger partial charge on any atom is 0.123 e. The van der Waals surface area contributed by atoms with E-state index >= 15 is 0 Å². The Morgan fingerprint density at radius 3 is 0.769 bits per heavy atom. The lowest BCUT2D eigenvalue weighted by Gasteiger charge is -2.27. The van der Waals surface area contributed by atoms with Crippen LogP contribution in [0.25, 0.3) is 0 Å². The fourth-order valence-electron chi connectivity index (χ4n) is 5.41. The monoisotopic (exact) mass is 555 g/mol. The summed E-state index contributed by atoms with van der Waals surface area (Å²) in [7, 11) is 0. The maximum atomic E-state index is 6.28. The molecule has 0 aromatic heterocycles. The lowest BCUT2D eigenvalue weighted by molar-refractivity contribution is -0.0332. The smallest absolute Gasteiger partial charge is 0.123 e. The molecule has 0 fully saturated rings. The number of hydrogen-bond donors (Lipinski definition) is 4. The van der Waals surface area contributed by atoms with Gasteiger partial charge in [-0.2, -0.15) is 0 Å². The van der Waals surface area contributed by atoms with Gasteiger partial charge in [0, 0.05) is 12.1 Å². The second-order valence-electron chi connectivity index (χ2n) is 13.4. The van der Waals surface area contributed by atoms with Crippen molar-refractivity contribution in [3.05, 3.63) is 0 Å². The van der Waals surface area contributed by atoms with Gasteiger partial charge in [0.1, 0.15) is 12.5 Å². The highest BCUT2D eigenvalue weighted by Gasteiger charge is 2.21. The molecule has 0 saturated carbocycles. The largest absolute Gasteiger partial charge is 0.342 e. The van der Waals surface area contributed by atoms with Crippen LogP contribution in [0, 0.1) is 11.8 Å². The number of unbranched alkanes of at least 4 members (excludes halogenated alkanes) is 18. The van der Waals surface area contributed by atoms with Crippen LogP contribution in [0.1, 0.15) is 182 Å². The molecule has 0 amide bonds. The number of nitrogens with two attached hydrogens (primary N) is 4. The van der Waals surface area contributed by atoms with Crippen LogP contribution >= 0.6 is 0 Å². The average molecular weight is 555 g/mol. The number of hydrogen-bond acceptors (Lipinski definition) is 5. The molecule has 0 radical (unpaired) electrons. The normalized spacial score (nSPS) is 15.2. The lowest BCUT2D eigenvalue weighted by Crippen LogP contribution is -2.52. The fraction of sp³-hybridized carbons (Fsp3) is 1.00. The van der Waals surface area contributed by atoms with Crippen LogP contribution in [0.3, 0.4) is 0 Å². The topological polar surface area (TPSA) is 113 Å². The average Bonchev–Trinajstić information content (AvgIpc) is 2.89. The molecule has 0 bridgehead atoms. The Hall–Kier alpha value is -0.200. The van der Waals surface area contributed by atoms with Gasteiger partial charge in [-0.1, -0.05) is 169 Å². The first-order valence-corrected chi connectivity index (χ1v) is 17.4. The first-order valence-electron chi connectivity index (χ1n) is 17.4. The molecule has 0 rings (SSSR count). The molecule has 0 saturated heterocycles. The third kappa shape index (κ3) is 27.7. The van der Waals surface area contributed by atoms with Crippen molar-refractivity contribution < 1.29 is 4.74 Å². The Balaban J connectivity index is 3.57. The summed E-state index contributed by atoms with van der Waals surface area (Å²) >= 11 is 0. The van der Waals surface area contributed by atoms with Crippen molar-refractivity contribution in [3.63, 3.8) is 0 Å². The van der Waals surface area contributed by atoms with E-state index in [0.29, 0.717) is 0 Å². The molecular weight excluding hydrogens is 480 g/mol. The Bertz CT molecular complexity index is 446. The molecule has 0 heterocycles. The van der Waals surface area contributed by atoms with E-state index in [1.807, 2.05) is 0 Å². The summed E-state index contributed by atoms with van der Waals surface area (Å²) in [6.07, 6.45) is 30.1. The number of ether oxygens (including phenoxy) is 1. The molecule has 0 aliphatic rings. The zero-order chi connectivity index (χ0) is 29.1. The van der Waals surface area contributed by atoms with Gasteiger partial charge >= 0.3 is 0 Å². The Morgan fingerprint density at radius 2 is 0.538 bits per heavy atom. The van der Waals surface area contributed by atoms with Gasteiger partial charge in [0.2, 0.25) is 0 Å². The summed E-state index contributed by atoms with van der Waals surface area (Å²) in [6, 6.07) is -0.353. The van der Waals surface area contributed by atoms with Crippen molar-refractivity contribution in [1.29, 1.82) is 0 Å². The van der Waals surface area contributed by atoms with Crippen LogP contribution in [0.15, 0.2) is 0 Å². The van der Waals surface area contributed by atoms with Crippen molar-refractivity contribution in [2.24, 2.45) is 34.8 Å². The second-order valence-corrected chi connectivity index (χ2v) is 13.4. The van der Waals surface area contributed by atoms with Gasteiger partial charge in [-0.25, -0.2) is 0 Å². The molecule has 0 aromatic carbocycles. The van der Waals surface area contributed by atoms with Gasteiger partial charge < -0.3 is 27.7 Å². The summed E-state index contributed by atoms with van der Waals surface area (Å²) < 4.78 is 5.81. The molecule has 0 aliphatic carbocycles. The fourth-order valence-corrected chi connectivity index (χ4v) is 5.41. The van der Waals surface area contributed by atoms with Crippen LogP contribution < -0.4 is 22.9 Å². The van der Waals surface area contributed by atoms with Gasteiger partial charge in [-0.15, -0.1) is 0 Å². The predicted octanol–water partition coefficient (Wildman–Crippen LogP) is 8.90. The minimum Gasteiger partial charge on any atom is -0.342 e. The molecule has 0 aromatic rings. The molecule has 4 unspecified atom stereocenters. The Labute approximate surface area is 245 Å². The van der Waals surface area contributed by atoms with E-state index in [1.165, 1.54) is 128 Å². The molecule has 8 N–H and O–H groups in total. The lowest BCUT2D eigenvalue weighted by atomic mass is 10.0. The van der Waals surface area contributed by atoms with Gasteiger partial charge in [0.25, 0.3) is 0 Å². The van der Waals surface area contributed by atoms with Gasteiger partial charge in [-0.05, 0) is 24.7 Å². The zero-order valence-electron chi connectivity index (χ0n) is 27.2. The SMILES string of the molecule is CC(C)CCCCCCCCCCCCC(N)C(N)OC(N)C(N)CCCCCCCCCCCCC(C)C. The standard InChI is InChI=1S/C34H74N4O/c1-29(2)25-21-17-13-9-5-7-11-15-19-23-27-31(35)33(37)39-34(38)32(36)28-24-20-16-12-8-6-10-14-18-22-26-30(3)4/h29-34H,5-28,35-38H2,1-4H3. The minimum absolute atomic E-state index is 0.177. The van der Waals surface area contributed by atoms with Crippen molar-refractivity contribution in [2.75, 3.05) is 0 Å². The van der Waals surface area contributed by atoms with E-state index in [2.05, 4.69) is 27.7 Å². The molecule has 0 spiro atoms. The highest BCUT2D eigenvalue weighted by atomic mass is 16.5. The zero-order valence-corrected chi connectivity index (χ0v) is 27.2. The molecule has 39 heavy (non-hydrogen) atoms. The summed E-state index contributed by atoms with van der Waals surface area (Å²) in [6.45, 7) is 9.28. The van der Waals surface area contributed by atoms with E-state index in [-0.39, 0.29) is 12.1 Å². The van der Waals surface area contributed by atoms with Crippen molar-refractivity contribution in [3.8, 4) is 0 Å². The first kappa shape index (κ1) is 38.8. The molecule has 0 aliphatic heterocycles. The van der Waals surface area contributed by atoms with Gasteiger partial charge in [0.15, 0.2) is 0 Å². The van der Waals surface area contributed by atoms with E-state index < -0.39 is 12.5 Å². The summed E-state index contributed by atoms with van der Waals surface area (Å²) in [5, 5.41) is 0. The highest BCUT2D eigenvalue weighted by Crippen LogP contribution is 2.16. The van der Waals surface area contributed by atoms with E-state index in [0.717, 1.165) is 37.5 Å². The molecule has 5 nitrogen and oxygen atoms in total. The predicted molar refractivity (Wildman–Crippen MR) is 173 cm³/mol. The van der Waals surface area contributed by atoms with Crippen molar-refractivity contribution in [2.45, 2.75) is 206 Å². The van der Waals surface area contributed by atoms with E-state index in [1.54, 1.807) is 0 Å². The second kappa shape index (κ2) is 27.9. The third-order valence-corrected chi connectivity index (χ3v) is 8.30. The maximum absolute atomic E-state index is 6.28. The first-order chi connectivity index (χ1) is 18.7. The van der Waals surface area contributed by atoms with Crippen LogP contribution in [-0.2, 0) is 4.74 Å². The Kier molecular flexibility index (Phi) is 27.8. The summed E-state index contributed by atoms with van der Waals surface area (Å²) in [5.74, 6) is 1.71. The summed E-state index contributed by atoms with van der Waals surface area (Å²) in [4.78, 5) is 0. The third-order valence-electron chi connectivity index (χ3n) is 8.30. The van der Waals surface area contributed by atoms with Crippen LogP contribution in [0.5, 0.6) is 0 Å². The molecule has 4 atom stereocenters. The Morgan fingerprint density at radius 1 is 0.333 bits per heavy atom. The van der Waals surface area contributed by atoms with Crippen molar-refractivity contribution >= 4 is 0 Å². The highest BCUT2D eigenvalue weighted by molar-refractivity contribution is 4.74. The van der Waals surface area contributed by atoms with Gasteiger partial charge in [-0.3, -0.25) is 0 Å². The quantitative estimate of drug-likeness (QED) is 0.0523. The van der Waals surface area contributed by atoms with Gasteiger partial charge in [0.05, 0.1) is 0 Å². The van der Waals surface area contributed by atoms with Crippen LogP contribution in [0.4, 0.5) is 0 Å². The summed E-state index contributed by atoms with van der Waals surface area (Å²) in [5.41, 5.74) is 25.0. The molecular formula is C34H74N4O. The molecule has 236 valence electrons. The minimum atomic E-state index is -0.535. The number of rotatable bonds is 30. The van der Waals surface area contributed by atoms with E-state index in [9.17, 15) is 0 Å². The van der Waals surface area contributed by atoms with Crippen LogP contribution in [-0.4, -0.2) is 24.5 Å². The molecule has 5 heteroatoms. The van der Waals surface area contributed by atoms with E-state index in [4.69, 9.17) is 27.7 Å².